The van der Waals surface area contributed by atoms with Crippen LogP contribution in [-0.2, 0) is 0 Å². The molecule has 0 fully saturated rings. The van der Waals surface area contributed by atoms with Crippen LogP contribution in [0.4, 0.5) is 10.1 Å². The van der Waals surface area contributed by atoms with E-state index in [9.17, 15) is 4.39 Å². The van der Waals surface area contributed by atoms with Crippen LogP contribution in [0.25, 0.3) is 11.1 Å². The molecule has 0 heterocycles. The zero-order valence-corrected chi connectivity index (χ0v) is 13.8. The van der Waals surface area contributed by atoms with E-state index < -0.39 is 0 Å². The molecule has 2 aromatic rings. The second-order valence-electron chi connectivity index (χ2n) is 4.52. The van der Waals surface area contributed by atoms with Gasteiger partial charge in [-0.3, -0.25) is 0 Å². The molecule has 0 amide bonds. The third-order valence-corrected chi connectivity index (χ3v) is 3.94. The van der Waals surface area contributed by atoms with E-state index in [0.717, 1.165) is 4.90 Å². The predicted molar refractivity (Wildman–Crippen MR) is 95.7 cm³/mol. The molecule has 120 valence electrons. The van der Waals surface area contributed by atoms with Gasteiger partial charge in [-0.1, -0.05) is 23.7 Å². The van der Waals surface area contributed by atoms with E-state index >= 15 is 0 Å². The summed E-state index contributed by atoms with van der Waals surface area (Å²) in [7, 11) is 0. The second-order valence-corrected chi connectivity index (χ2v) is 5.80. The summed E-state index contributed by atoms with van der Waals surface area (Å²) in [6.07, 6.45) is 1.88. The summed E-state index contributed by atoms with van der Waals surface area (Å²) in [5, 5.41) is 0.347. The third kappa shape index (κ3) is 4.37. The highest BCUT2D eigenvalue weighted by Crippen LogP contribution is 2.34. The number of benzene rings is 2. The fourth-order valence-corrected chi connectivity index (χ4v) is 2.62. The van der Waals surface area contributed by atoms with Gasteiger partial charge in [0.25, 0.3) is 0 Å². The molecule has 6 N–H and O–H groups in total. The normalized spacial score (nSPS) is 11.3. The number of guanidine groups is 2. The first kappa shape index (κ1) is 17.1. The minimum atomic E-state index is -0.338. The van der Waals surface area contributed by atoms with Crippen molar-refractivity contribution in [3.63, 3.8) is 0 Å². The molecule has 0 atom stereocenters. The first-order valence-corrected chi connectivity index (χ1v) is 8.08. The maximum Gasteiger partial charge on any atom is 0.223 e. The summed E-state index contributed by atoms with van der Waals surface area (Å²) in [5.41, 5.74) is 17.4. The Kier molecular flexibility index (Phi) is 5.46. The lowest BCUT2D eigenvalue weighted by Crippen LogP contribution is -2.26. The molecular formula is C15H15ClFN5S. The van der Waals surface area contributed by atoms with E-state index in [1.807, 2.05) is 12.3 Å². The van der Waals surface area contributed by atoms with Gasteiger partial charge in [0.05, 0.1) is 10.7 Å². The highest BCUT2D eigenvalue weighted by molar-refractivity contribution is 7.98. The lowest BCUT2D eigenvalue weighted by Gasteiger charge is -2.08. The van der Waals surface area contributed by atoms with Crippen LogP contribution < -0.4 is 17.2 Å². The number of thioether (sulfide) groups is 1. The molecule has 5 nitrogen and oxygen atoms in total. The Balaban J connectivity index is 2.39. The first-order chi connectivity index (χ1) is 10.9. The number of hydrogen-bond acceptors (Lipinski definition) is 2. The van der Waals surface area contributed by atoms with E-state index in [1.165, 1.54) is 17.8 Å². The minimum absolute atomic E-state index is 0.0932. The molecule has 8 heteroatoms. The monoisotopic (exact) mass is 351 g/mol. The number of hydrogen-bond donors (Lipinski definition) is 3. The van der Waals surface area contributed by atoms with Crippen LogP contribution in [0.3, 0.4) is 0 Å². The van der Waals surface area contributed by atoms with Gasteiger partial charge in [0, 0.05) is 16.0 Å². The standard InChI is InChI=1S/C15H15ClFN5S/c1-23-9-3-5-11(13(17)7-9)10-4-2-8(6-12(10)16)21-15(20)22-14(18)19/h2-7H,1H3,(H6,18,19,20,21,22). The molecule has 0 spiro atoms. The molecule has 0 aliphatic carbocycles. The number of halogens is 2. The molecule has 0 aliphatic heterocycles. The highest BCUT2D eigenvalue weighted by atomic mass is 35.5. The van der Waals surface area contributed by atoms with Gasteiger partial charge in [0.15, 0.2) is 5.96 Å². The smallest absolute Gasteiger partial charge is 0.223 e. The Morgan fingerprint density at radius 1 is 1.09 bits per heavy atom. The molecule has 0 bridgehead atoms. The molecule has 0 unspecified atom stereocenters. The zero-order chi connectivity index (χ0) is 17.0. The van der Waals surface area contributed by atoms with Crippen LogP contribution in [-0.4, -0.2) is 18.2 Å². The highest BCUT2D eigenvalue weighted by Gasteiger charge is 2.10. The summed E-state index contributed by atoms with van der Waals surface area (Å²) >= 11 is 7.70. The van der Waals surface area contributed by atoms with Gasteiger partial charge >= 0.3 is 0 Å². The largest absolute Gasteiger partial charge is 0.370 e. The predicted octanol–water partition coefficient (Wildman–Crippen LogP) is 3.09. The molecule has 0 aliphatic rings. The van der Waals surface area contributed by atoms with Crippen molar-refractivity contribution >= 4 is 41.0 Å². The second kappa shape index (κ2) is 7.34. The Morgan fingerprint density at radius 2 is 1.78 bits per heavy atom. The van der Waals surface area contributed by atoms with Gasteiger partial charge in [-0.05, 0) is 30.5 Å². The zero-order valence-electron chi connectivity index (χ0n) is 12.3. The van der Waals surface area contributed by atoms with Crippen LogP contribution in [0, 0.1) is 5.82 Å². The van der Waals surface area contributed by atoms with E-state index in [-0.39, 0.29) is 17.7 Å². The molecule has 0 saturated heterocycles. The van der Waals surface area contributed by atoms with E-state index in [1.54, 1.807) is 24.3 Å². The van der Waals surface area contributed by atoms with Gasteiger partial charge in [0.2, 0.25) is 5.96 Å². The molecule has 0 saturated carbocycles. The molecule has 23 heavy (non-hydrogen) atoms. The van der Waals surface area contributed by atoms with Crippen LogP contribution >= 0.6 is 23.4 Å². The quantitative estimate of drug-likeness (QED) is 0.449. The molecule has 2 rings (SSSR count). The van der Waals surface area contributed by atoms with Crippen molar-refractivity contribution in [2.24, 2.45) is 27.2 Å². The number of aliphatic imine (C=N–C) groups is 2. The number of nitrogens with zero attached hydrogens (tertiary/aromatic N) is 2. The average molecular weight is 352 g/mol. The van der Waals surface area contributed by atoms with Crippen molar-refractivity contribution < 1.29 is 4.39 Å². The Morgan fingerprint density at radius 3 is 2.35 bits per heavy atom. The average Bonchev–Trinajstić information content (AvgIpc) is 2.47. The lowest BCUT2D eigenvalue weighted by atomic mass is 10.0. The molecular weight excluding hydrogens is 337 g/mol. The summed E-state index contributed by atoms with van der Waals surface area (Å²) in [5.74, 6) is -0.621. The first-order valence-electron chi connectivity index (χ1n) is 6.48. The van der Waals surface area contributed by atoms with Crippen molar-refractivity contribution in [3.05, 3.63) is 47.2 Å². The summed E-state index contributed by atoms with van der Waals surface area (Å²) < 4.78 is 14.2. The maximum absolute atomic E-state index is 14.2. The van der Waals surface area contributed by atoms with Gasteiger partial charge in [-0.25, -0.2) is 9.38 Å². The summed E-state index contributed by atoms with van der Waals surface area (Å²) in [6.45, 7) is 0. The van der Waals surface area contributed by atoms with Crippen LogP contribution in [0.1, 0.15) is 0 Å². The fourth-order valence-electron chi connectivity index (χ4n) is 1.92. The van der Waals surface area contributed by atoms with Gasteiger partial charge < -0.3 is 17.2 Å². The maximum atomic E-state index is 14.2. The van der Waals surface area contributed by atoms with Crippen LogP contribution in [0.2, 0.25) is 5.02 Å². The van der Waals surface area contributed by atoms with Gasteiger partial charge in [-0.15, -0.1) is 11.8 Å². The molecule has 2 aromatic carbocycles. The number of nitrogens with two attached hydrogens (primary N) is 3. The van der Waals surface area contributed by atoms with Crippen molar-refractivity contribution in [3.8, 4) is 11.1 Å². The van der Waals surface area contributed by atoms with Crippen molar-refractivity contribution in [1.82, 2.24) is 0 Å². The SMILES string of the molecule is CSc1ccc(-c2ccc(N=C(N)N=C(N)N)cc2Cl)c(F)c1. The van der Waals surface area contributed by atoms with Crippen molar-refractivity contribution in [2.75, 3.05) is 6.26 Å². The molecule has 0 aromatic heterocycles. The summed E-state index contributed by atoms with van der Waals surface area (Å²) in [4.78, 5) is 8.46. The Labute approximate surface area is 142 Å². The topological polar surface area (TPSA) is 103 Å². The summed E-state index contributed by atoms with van der Waals surface area (Å²) in [6, 6.07) is 9.88. The fraction of sp³-hybridized carbons (Fsp3) is 0.0667. The van der Waals surface area contributed by atoms with Crippen LogP contribution in [0.5, 0.6) is 0 Å². The van der Waals surface area contributed by atoms with Crippen molar-refractivity contribution in [2.45, 2.75) is 4.90 Å². The lowest BCUT2D eigenvalue weighted by molar-refractivity contribution is 0.628. The van der Waals surface area contributed by atoms with Gasteiger partial charge in [0.1, 0.15) is 5.82 Å². The third-order valence-electron chi connectivity index (χ3n) is 2.91. The molecule has 0 radical (unpaired) electrons. The van der Waals surface area contributed by atoms with Gasteiger partial charge in [-0.2, -0.15) is 4.99 Å². The van der Waals surface area contributed by atoms with E-state index in [2.05, 4.69) is 9.98 Å². The van der Waals surface area contributed by atoms with E-state index in [4.69, 9.17) is 28.8 Å². The minimum Gasteiger partial charge on any atom is -0.370 e. The Bertz CT molecular complexity index is 787. The Hall–Kier alpha value is -2.25. The van der Waals surface area contributed by atoms with Crippen molar-refractivity contribution in [1.29, 1.82) is 0 Å². The van der Waals surface area contributed by atoms with Crippen LogP contribution in [0.15, 0.2) is 51.3 Å². The van der Waals surface area contributed by atoms with E-state index in [0.29, 0.717) is 21.8 Å². The number of rotatable bonds is 3.